The molecule has 0 bridgehead atoms. The second-order valence-corrected chi connectivity index (χ2v) is 9.91. The predicted octanol–water partition coefficient (Wildman–Crippen LogP) is 6.74. The van der Waals surface area contributed by atoms with E-state index in [4.69, 9.17) is 0 Å². The van der Waals surface area contributed by atoms with Crippen molar-refractivity contribution in [1.29, 1.82) is 0 Å². The molecular weight excluding hydrogens is 432 g/mol. The predicted molar refractivity (Wildman–Crippen MR) is 133 cm³/mol. The lowest BCUT2D eigenvalue weighted by atomic mass is 9.87. The fraction of sp³-hybridized carbons (Fsp3) is 0.231. The third-order valence-corrected chi connectivity index (χ3v) is 6.49. The van der Waals surface area contributed by atoms with Gasteiger partial charge in [-0.15, -0.1) is 10.2 Å². The summed E-state index contributed by atoms with van der Waals surface area (Å²) in [5, 5.41) is 20.9. The van der Waals surface area contributed by atoms with E-state index >= 15 is 0 Å². The minimum atomic E-state index is -0.372. The van der Waals surface area contributed by atoms with Crippen LogP contribution in [0, 0.1) is 17.0 Å². The first-order chi connectivity index (χ1) is 15.7. The topological polar surface area (TPSA) is 73.8 Å². The van der Waals surface area contributed by atoms with Gasteiger partial charge >= 0.3 is 0 Å². The largest absolute Gasteiger partial charge is 0.270 e. The first-order valence-electron chi connectivity index (χ1n) is 10.7. The van der Waals surface area contributed by atoms with Gasteiger partial charge in [0.2, 0.25) is 0 Å². The first kappa shape index (κ1) is 22.7. The van der Waals surface area contributed by atoms with Crippen molar-refractivity contribution < 1.29 is 4.92 Å². The zero-order valence-corrected chi connectivity index (χ0v) is 20.0. The van der Waals surface area contributed by atoms with E-state index in [0.717, 1.165) is 33.4 Å². The Hall–Kier alpha value is -3.45. The molecule has 0 spiro atoms. The molecule has 0 saturated heterocycles. The molecule has 0 unspecified atom stereocenters. The van der Waals surface area contributed by atoms with Crippen LogP contribution >= 0.6 is 11.8 Å². The van der Waals surface area contributed by atoms with E-state index < -0.39 is 0 Å². The van der Waals surface area contributed by atoms with Gasteiger partial charge in [-0.05, 0) is 35.1 Å². The first-order valence-corrected chi connectivity index (χ1v) is 11.7. The van der Waals surface area contributed by atoms with E-state index in [9.17, 15) is 10.1 Å². The zero-order valence-electron chi connectivity index (χ0n) is 19.1. The zero-order chi connectivity index (χ0) is 23.6. The summed E-state index contributed by atoms with van der Waals surface area (Å²) >= 11 is 1.51. The molecule has 4 aromatic rings. The number of nitrogens with zero attached hydrogens (tertiary/aromatic N) is 4. The second-order valence-electron chi connectivity index (χ2n) is 8.97. The van der Waals surface area contributed by atoms with Crippen molar-refractivity contribution in [2.45, 2.75) is 44.0 Å². The van der Waals surface area contributed by atoms with Gasteiger partial charge in [-0.1, -0.05) is 87.1 Å². The quantitative estimate of drug-likeness (QED) is 0.182. The number of thioether (sulfide) groups is 1. The molecule has 0 fully saturated rings. The lowest BCUT2D eigenvalue weighted by Gasteiger charge is -2.19. The van der Waals surface area contributed by atoms with Crippen LogP contribution in [0.1, 0.15) is 37.5 Å². The molecule has 1 aromatic heterocycles. The molecule has 0 amide bonds. The standard InChI is InChI=1S/C26H26N4O2S/c1-18-8-5-6-11-23(18)29-24(20-12-14-21(15-13-20)26(2,3)4)27-28-25(29)33-17-19-9-7-10-22(16-19)30(31)32/h5-16H,17H2,1-4H3. The normalized spacial score (nSPS) is 11.5. The lowest BCUT2D eigenvalue weighted by Crippen LogP contribution is -2.10. The Morgan fingerprint density at radius 3 is 2.36 bits per heavy atom. The Bertz CT molecular complexity index is 1290. The molecule has 1 heterocycles. The van der Waals surface area contributed by atoms with Gasteiger partial charge in [0.25, 0.3) is 5.69 Å². The number of aryl methyl sites for hydroxylation is 1. The summed E-state index contributed by atoms with van der Waals surface area (Å²) in [6, 6.07) is 23.3. The third kappa shape index (κ3) is 4.98. The highest BCUT2D eigenvalue weighted by Crippen LogP contribution is 2.32. The monoisotopic (exact) mass is 458 g/mol. The summed E-state index contributed by atoms with van der Waals surface area (Å²) in [6.07, 6.45) is 0. The van der Waals surface area contributed by atoms with E-state index in [2.05, 4.69) is 78.9 Å². The van der Waals surface area contributed by atoms with Gasteiger partial charge in [0, 0.05) is 23.4 Å². The van der Waals surface area contributed by atoms with E-state index in [0.29, 0.717) is 5.75 Å². The molecule has 7 heteroatoms. The maximum Gasteiger partial charge on any atom is 0.269 e. The Labute approximate surface area is 197 Å². The highest BCUT2D eigenvalue weighted by atomic mass is 32.2. The average molecular weight is 459 g/mol. The molecule has 0 N–H and O–H groups in total. The van der Waals surface area contributed by atoms with Gasteiger partial charge in [-0.3, -0.25) is 14.7 Å². The molecule has 6 nitrogen and oxygen atoms in total. The second kappa shape index (κ2) is 9.19. The number of non-ortho nitro benzene ring substituents is 1. The van der Waals surface area contributed by atoms with Gasteiger partial charge in [-0.2, -0.15) is 0 Å². The SMILES string of the molecule is Cc1ccccc1-n1c(SCc2cccc([N+](=O)[O-])c2)nnc1-c1ccc(C(C)(C)C)cc1. The van der Waals surface area contributed by atoms with Crippen LogP contribution in [-0.2, 0) is 11.2 Å². The van der Waals surface area contributed by atoms with Crippen LogP contribution in [0.25, 0.3) is 17.1 Å². The molecule has 3 aromatic carbocycles. The molecule has 4 rings (SSSR count). The van der Waals surface area contributed by atoms with E-state index in [1.807, 2.05) is 18.2 Å². The van der Waals surface area contributed by atoms with E-state index in [-0.39, 0.29) is 16.0 Å². The van der Waals surface area contributed by atoms with Gasteiger partial charge in [0.05, 0.1) is 10.6 Å². The maximum atomic E-state index is 11.1. The average Bonchev–Trinajstić information content (AvgIpc) is 3.21. The summed E-state index contributed by atoms with van der Waals surface area (Å²) < 4.78 is 2.07. The molecule has 0 atom stereocenters. The van der Waals surface area contributed by atoms with Crippen molar-refractivity contribution in [2.75, 3.05) is 0 Å². The number of hydrogen-bond donors (Lipinski definition) is 0. The number of nitro groups is 1. The molecular formula is C26H26N4O2S. The van der Waals surface area contributed by atoms with Gasteiger partial charge in [0.1, 0.15) is 0 Å². The summed E-state index contributed by atoms with van der Waals surface area (Å²) in [7, 11) is 0. The number of rotatable bonds is 6. The van der Waals surface area contributed by atoms with Gasteiger partial charge < -0.3 is 0 Å². The minimum absolute atomic E-state index is 0.0710. The van der Waals surface area contributed by atoms with Crippen LogP contribution in [0.15, 0.2) is 78.0 Å². The molecule has 0 aliphatic rings. The van der Waals surface area contributed by atoms with Crippen molar-refractivity contribution in [3.8, 4) is 17.1 Å². The fourth-order valence-electron chi connectivity index (χ4n) is 3.61. The molecule has 168 valence electrons. The molecule has 33 heavy (non-hydrogen) atoms. The van der Waals surface area contributed by atoms with Crippen LogP contribution in [0.5, 0.6) is 0 Å². The highest BCUT2D eigenvalue weighted by Gasteiger charge is 2.19. The van der Waals surface area contributed by atoms with Crippen LogP contribution in [0.2, 0.25) is 0 Å². The summed E-state index contributed by atoms with van der Waals surface area (Å²) in [4.78, 5) is 10.8. The molecule has 0 aliphatic heterocycles. The number of hydrogen-bond acceptors (Lipinski definition) is 5. The lowest BCUT2D eigenvalue weighted by molar-refractivity contribution is -0.384. The van der Waals surface area contributed by atoms with Crippen LogP contribution in [-0.4, -0.2) is 19.7 Å². The Kier molecular flexibility index (Phi) is 6.33. The highest BCUT2D eigenvalue weighted by molar-refractivity contribution is 7.98. The van der Waals surface area contributed by atoms with Crippen molar-refractivity contribution in [1.82, 2.24) is 14.8 Å². The summed E-state index contributed by atoms with van der Waals surface area (Å²) in [6.45, 7) is 8.65. The van der Waals surface area contributed by atoms with E-state index in [1.165, 1.54) is 23.4 Å². The number of nitro benzene ring substituents is 1. The summed E-state index contributed by atoms with van der Waals surface area (Å²) in [5.74, 6) is 1.32. The molecule has 0 radical (unpaired) electrons. The van der Waals surface area contributed by atoms with Crippen LogP contribution < -0.4 is 0 Å². The number of benzene rings is 3. The molecule has 0 aliphatic carbocycles. The third-order valence-electron chi connectivity index (χ3n) is 5.49. The van der Waals surface area contributed by atoms with Crippen molar-refractivity contribution in [3.63, 3.8) is 0 Å². The number of para-hydroxylation sites is 1. The van der Waals surface area contributed by atoms with Crippen molar-refractivity contribution in [2.24, 2.45) is 0 Å². The van der Waals surface area contributed by atoms with Crippen LogP contribution in [0.3, 0.4) is 0 Å². The van der Waals surface area contributed by atoms with Gasteiger partial charge in [-0.25, -0.2) is 0 Å². The van der Waals surface area contributed by atoms with Crippen molar-refractivity contribution >= 4 is 17.4 Å². The smallest absolute Gasteiger partial charge is 0.269 e. The molecule has 0 saturated carbocycles. The fourth-order valence-corrected chi connectivity index (χ4v) is 4.50. The summed E-state index contributed by atoms with van der Waals surface area (Å²) in [5.41, 5.74) is 5.40. The Morgan fingerprint density at radius 1 is 0.970 bits per heavy atom. The Morgan fingerprint density at radius 2 is 1.70 bits per heavy atom. The van der Waals surface area contributed by atoms with E-state index in [1.54, 1.807) is 12.1 Å². The number of aromatic nitrogens is 3. The van der Waals surface area contributed by atoms with Crippen molar-refractivity contribution in [3.05, 3.63) is 99.6 Å². The Balaban J connectivity index is 1.73. The van der Waals surface area contributed by atoms with Gasteiger partial charge in [0.15, 0.2) is 11.0 Å². The van der Waals surface area contributed by atoms with Crippen LogP contribution in [0.4, 0.5) is 5.69 Å². The maximum absolute atomic E-state index is 11.1. The minimum Gasteiger partial charge on any atom is -0.270 e.